The van der Waals surface area contributed by atoms with E-state index in [0.29, 0.717) is 5.02 Å². The molecule has 0 fully saturated rings. The number of rotatable bonds is 7. The first-order valence-corrected chi connectivity index (χ1v) is 10.4. The molecule has 29 heavy (non-hydrogen) atoms. The molecular formula is C20H17ClN4O3S. The van der Waals surface area contributed by atoms with Crippen molar-refractivity contribution in [2.75, 3.05) is 6.54 Å². The molecular weight excluding hydrogens is 412 g/mol. The minimum Gasteiger partial charge on any atom is -0.348 e. The molecule has 2 N–H and O–H groups in total. The van der Waals surface area contributed by atoms with Crippen molar-refractivity contribution < 1.29 is 13.2 Å². The molecule has 1 amide bonds. The number of hydrogen-bond acceptors (Lipinski definition) is 4. The first kappa shape index (κ1) is 20.6. The van der Waals surface area contributed by atoms with Gasteiger partial charge in [0.05, 0.1) is 23.3 Å². The van der Waals surface area contributed by atoms with E-state index in [9.17, 15) is 13.2 Å². The van der Waals surface area contributed by atoms with Gasteiger partial charge in [-0.2, -0.15) is 9.82 Å². The quantitative estimate of drug-likeness (QED) is 0.565. The minimum absolute atomic E-state index is 0.0315. The van der Waals surface area contributed by atoms with Gasteiger partial charge in [0.25, 0.3) is 5.91 Å². The molecule has 0 aliphatic heterocycles. The highest BCUT2D eigenvalue weighted by Crippen LogP contribution is 2.14. The fraction of sp³-hybridized carbons (Fsp3) is 0.100. The lowest BCUT2D eigenvalue weighted by Crippen LogP contribution is -2.25. The van der Waals surface area contributed by atoms with Gasteiger partial charge in [0.2, 0.25) is 10.0 Å². The summed E-state index contributed by atoms with van der Waals surface area (Å²) in [5.74, 6) is 1.80. The third kappa shape index (κ3) is 5.23. The molecule has 0 saturated carbocycles. The molecule has 0 aliphatic rings. The van der Waals surface area contributed by atoms with Crippen molar-refractivity contribution >= 4 is 27.5 Å². The van der Waals surface area contributed by atoms with E-state index < -0.39 is 15.9 Å². The summed E-state index contributed by atoms with van der Waals surface area (Å²) >= 11 is 5.88. The van der Waals surface area contributed by atoms with E-state index in [1.807, 2.05) is 12.1 Å². The van der Waals surface area contributed by atoms with Crippen molar-refractivity contribution in [3.63, 3.8) is 0 Å². The van der Waals surface area contributed by atoms with Gasteiger partial charge in [-0.25, -0.2) is 13.1 Å². The zero-order valence-electron chi connectivity index (χ0n) is 15.2. The number of amides is 1. The lowest BCUT2D eigenvalue weighted by molar-refractivity contribution is 0.0950. The normalized spacial score (nSPS) is 11.0. The standard InChI is InChI=1S/C20H17ClN4O3S/c1-2-10-24-29(27,28)19-5-3-4-16(11-19)20(26)22-12-15-13-23-25(14-15)18-8-6-17(21)7-9-18/h1,3-9,11,13-14,24H,10,12H2,(H,22,26). The Kier molecular flexibility index (Phi) is 6.34. The fourth-order valence-electron chi connectivity index (χ4n) is 2.50. The Bertz CT molecular complexity index is 1160. The van der Waals surface area contributed by atoms with E-state index in [4.69, 9.17) is 18.0 Å². The van der Waals surface area contributed by atoms with Crippen molar-refractivity contribution in [1.29, 1.82) is 0 Å². The summed E-state index contributed by atoms with van der Waals surface area (Å²) in [6.45, 7) is 0.106. The average Bonchev–Trinajstić information content (AvgIpc) is 3.20. The van der Waals surface area contributed by atoms with Crippen LogP contribution in [0.5, 0.6) is 0 Å². The van der Waals surface area contributed by atoms with Crippen LogP contribution in [0.1, 0.15) is 15.9 Å². The number of carbonyl (C=O) groups excluding carboxylic acids is 1. The lowest BCUT2D eigenvalue weighted by atomic mass is 10.2. The Morgan fingerprint density at radius 2 is 1.97 bits per heavy atom. The molecule has 9 heteroatoms. The molecule has 3 rings (SSSR count). The van der Waals surface area contributed by atoms with Crippen molar-refractivity contribution in [2.24, 2.45) is 0 Å². The van der Waals surface area contributed by atoms with Crippen molar-refractivity contribution in [1.82, 2.24) is 19.8 Å². The molecule has 0 aliphatic carbocycles. The maximum absolute atomic E-state index is 12.4. The van der Waals surface area contributed by atoms with E-state index in [1.54, 1.807) is 29.2 Å². The molecule has 0 bridgehead atoms. The summed E-state index contributed by atoms with van der Waals surface area (Å²) in [7, 11) is -3.77. The molecule has 0 unspecified atom stereocenters. The summed E-state index contributed by atoms with van der Waals surface area (Å²) < 4.78 is 28.2. The summed E-state index contributed by atoms with van der Waals surface area (Å²) in [5, 5.41) is 7.64. The van der Waals surface area contributed by atoms with Crippen molar-refractivity contribution in [3.05, 3.63) is 77.1 Å². The zero-order valence-corrected chi connectivity index (χ0v) is 16.7. The number of terminal acetylenes is 1. The Balaban J connectivity index is 1.66. The van der Waals surface area contributed by atoms with Crippen molar-refractivity contribution in [3.8, 4) is 18.0 Å². The number of hydrogen-bond donors (Lipinski definition) is 2. The van der Waals surface area contributed by atoms with E-state index in [0.717, 1.165) is 11.3 Å². The number of halogens is 1. The van der Waals surface area contributed by atoms with Gasteiger partial charge < -0.3 is 5.32 Å². The van der Waals surface area contributed by atoms with Gasteiger partial charge >= 0.3 is 0 Å². The molecule has 1 heterocycles. The topological polar surface area (TPSA) is 93.1 Å². The summed E-state index contributed by atoms with van der Waals surface area (Å²) in [4.78, 5) is 12.4. The maximum Gasteiger partial charge on any atom is 0.251 e. The van der Waals surface area contributed by atoms with Gasteiger partial charge in [0.15, 0.2) is 0 Å². The highest BCUT2D eigenvalue weighted by Gasteiger charge is 2.15. The minimum atomic E-state index is -3.77. The van der Waals surface area contributed by atoms with Crippen LogP contribution in [0, 0.1) is 12.3 Å². The summed E-state index contributed by atoms with van der Waals surface area (Å²) in [6.07, 6.45) is 8.50. The van der Waals surface area contributed by atoms with Gasteiger partial charge in [-0.3, -0.25) is 4.79 Å². The molecule has 0 radical (unpaired) electrons. The van der Waals surface area contributed by atoms with Crippen LogP contribution in [0.15, 0.2) is 65.8 Å². The summed E-state index contributed by atoms with van der Waals surface area (Å²) in [5.41, 5.74) is 1.84. The fourth-order valence-corrected chi connectivity index (χ4v) is 3.60. The molecule has 3 aromatic rings. The van der Waals surface area contributed by atoms with Gasteiger partial charge in [-0.05, 0) is 42.5 Å². The van der Waals surface area contributed by atoms with E-state index >= 15 is 0 Å². The number of benzene rings is 2. The first-order chi connectivity index (χ1) is 13.9. The molecule has 148 valence electrons. The van der Waals surface area contributed by atoms with Crippen LogP contribution >= 0.6 is 11.6 Å². The third-order valence-corrected chi connectivity index (χ3v) is 5.60. The highest BCUT2D eigenvalue weighted by molar-refractivity contribution is 7.89. The van der Waals surface area contributed by atoms with Crippen LogP contribution in [-0.4, -0.2) is 30.7 Å². The molecule has 1 aromatic heterocycles. The largest absolute Gasteiger partial charge is 0.348 e. The number of nitrogens with zero attached hydrogens (tertiary/aromatic N) is 2. The summed E-state index contributed by atoms with van der Waals surface area (Å²) in [6, 6.07) is 12.9. The number of aromatic nitrogens is 2. The average molecular weight is 429 g/mol. The van der Waals surface area contributed by atoms with Crippen LogP contribution in [0.4, 0.5) is 0 Å². The van der Waals surface area contributed by atoms with Crippen LogP contribution in [0.2, 0.25) is 5.02 Å². The van der Waals surface area contributed by atoms with Crippen LogP contribution in [-0.2, 0) is 16.6 Å². The lowest BCUT2D eigenvalue weighted by Gasteiger charge is -2.07. The monoisotopic (exact) mass is 428 g/mol. The van der Waals surface area contributed by atoms with Crippen LogP contribution in [0.3, 0.4) is 0 Å². The first-order valence-electron chi connectivity index (χ1n) is 8.50. The highest BCUT2D eigenvalue weighted by atomic mass is 35.5. The Morgan fingerprint density at radius 1 is 1.21 bits per heavy atom. The Morgan fingerprint density at radius 3 is 2.69 bits per heavy atom. The second-order valence-corrected chi connectivity index (χ2v) is 8.21. The second-order valence-electron chi connectivity index (χ2n) is 6.01. The molecule has 0 atom stereocenters. The van der Waals surface area contributed by atoms with Crippen molar-refractivity contribution in [2.45, 2.75) is 11.4 Å². The molecule has 2 aromatic carbocycles. The Labute approximate surface area is 173 Å². The zero-order chi connectivity index (χ0) is 20.9. The van der Waals surface area contributed by atoms with Crippen LogP contribution in [0.25, 0.3) is 5.69 Å². The van der Waals surface area contributed by atoms with E-state index in [2.05, 4.69) is 21.1 Å². The smallest absolute Gasteiger partial charge is 0.251 e. The predicted octanol–water partition coefficient (Wildman–Crippen LogP) is 2.37. The number of carbonyl (C=O) groups is 1. The second kappa shape index (κ2) is 8.92. The maximum atomic E-state index is 12.4. The van der Waals surface area contributed by atoms with E-state index in [1.165, 1.54) is 24.3 Å². The molecule has 0 spiro atoms. The van der Waals surface area contributed by atoms with Gasteiger partial charge in [-0.15, -0.1) is 6.42 Å². The van der Waals surface area contributed by atoms with Gasteiger partial charge in [-0.1, -0.05) is 23.6 Å². The van der Waals surface area contributed by atoms with Gasteiger partial charge in [0, 0.05) is 28.9 Å². The SMILES string of the molecule is C#CCNS(=O)(=O)c1cccc(C(=O)NCc2cnn(-c3ccc(Cl)cc3)c2)c1. The predicted molar refractivity (Wildman–Crippen MR) is 110 cm³/mol. The number of nitrogens with one attached hydrogen (secondary N) is 2. The van der Waals surface area contributed by atoms with Gasteiger partial charge in [0.1, 0.15) is 0 Å². The third-order valence-electron chi connectivity index (χ3n) is 3.95. The van der Waals surface area contributed by atoms with Crippen LogP contribution < -0.4 is 10.0 Å². The molecule has 7 nitrogen and oxygen atoms in total. The Hall–Kier alpha value is -3.12. The molecule has 0 saturated heterocycles. The van der Waals surface area contributed by atoms with E-state index in [-0.39, 0.29) is 23.5 Å². The number of sulfonamides is 1.